The van der Waals surface area contributed by atoms with E-state index in [4.69, 9.17) is 9.84 Å². The summed E-state index contributed by atoms with van der Waals surface area (Å²) in [6.45, 7) is 3.97. The number of ether oxygens (including phenoxy) is 1. The number of rotatable bonds is 7. The zero-order valence-electron chi connectivity index (χ0n) is 13.7. The number of aromatic nitrogens is 1. The molecule has 126 valence electrons. The van der Waals surface area contributed by atoms with E-state index in [0.717, 1.165) is 12.8 Å². The standard InChI is InChI=1S/C17H24N2O4/c1-12(2)10-19(11-16(20)21)17(22)13-7-8-15(18-9-13)23-14-5-3-4-6-14/h7-9,12,14H,3-6,10-11H2,1-2H3,(H,20,21). The van der Waals surface area contributed by atoms with Crippen molar-refractivity contribution < 1.29 is 19.4 Å². The van der Waals surface area contributed by atoms with Gasteiger partial charge in [-0.3, -0.25) is 9.59 Å². The molecule has 0 radical (unpaired) electrons. The van der Waals surface area contributed by atoms with Crippen molar-refractivity contribution in [3.05, 3.63) is 23.9 Å². The van der Waals surface area contributed by atoms with Gasteiger partial charge in [0.25, 0.3) is 5.91 Å². The Labute approximate surface area is 136 Å². The van der Waals surface area contributed by atoms with Crippen molar-refractivity contribution in [2.45, 2.75) is 45.6 Å². The second kappa shape index (κ2) is 7.94. The minimum Gasteiger partial charge on any atom is -0.480 e. The average molecular weight is 320 g/mol. The number of carbonyl (C=O) groups excluding carboxylic acids is 1. The molecule has 1 amide bonds. The van der Waals surface area contributed by atoms with Crippen LogP contribution in [0.3, 0.4) is 0 Å². The lowest BCUT2D eigenvalue weighted by molar-refractivity contribution is -0.137. The number of carbonyl (C=O) groups is 2. The fourth-order valence-corrected chi connectivity index (χ4v) is 2.76. The van der Waals surface area contributed by atoms with Gasteiger partial charge in [0, 0.05) is 18.8 Å². The monoisotopic (exact) mass is 320 g/mol. The van der Waals surface area contributed by atoms with E-state index >= 15 is 0 Å². The number of carboxylic acid groups (broad SMARTS) is 1. The van der Waals surface area contributed by atoms with Gasteiger partial charge in [0.05, 0.1) is 5.56 Å². The number of hydrogen-bond donors (Lipinski definition) is 1. The SMILES string of the molecule is CC(C)CN(CC(=O)O)C(=O)c1ccc(OC2CCCC2)nc1. The lowest BCUT2D eigenvalue weighted by Crippen LogP contribution is -2.38. The predicted molar refractivity (Wildman–Crippen MR) is 85.5 cm³/mol. The molecule has 0 atom stereocenters. The van der Waals surface area contributed by atoms with Crippen molar-refractivity contribution in [1.82, 2.24) is 9.88 Å². The van der Waals surface area contributed by atoms with E-state index in [1.165, 1.54) is 23.9 Å². The lowest BCUT2D eigenvalue weighted by atomic mass is 10.1. The van der Waals surface area contributed by atoms with Gasteiger partial charge in [-0.25, -0.2) is 4.98 Å². The number of amides is 1. The Morgan fingerprint density at radius 1 is 1.35 bits per heavy atom. The third kappa shape index (κ3) is 5.23. The fraction of sp³-hybridized carbons (Fsp3) is 0.588. The summed E-state index contributed by atoms with van der Waals surface area (Å²) in [4.78, 5) is 28.9. The van der Waals surface area contributed by atoms with Crippen molar-refractivity contribution >= 4 is 11.9 Å². The second-order valence-electron chi connectivity index (χ2n) is 6.38. The van der Waals surface area contributed by atoms with Crippen LogP contribution < -0.4 is 4.74 Å². The summed E-state index contributed by atoms with van der Waals surface area (Å²) in [7, 11) is 0. The molecule has 0 aromatic carbocycles. The van der Waals surface area contributed by atoms with E-state index < -0.39 is 5.97 Å². The summed E-state index contributed by atoms with van der Waals surface area (Å²) in [6, 6.07) is 3.33. The zero-order valence-corrected chi connectivity index (χ0v) is 13.7. The first-order valence-electron chi connectivity index (χ1n) is 8.09. The number of hydrogen-bond acceptors (Lipinski definition) is 4. The summed E-state index contributed by atoms with van der Waals surface area (Å²) in [6.07, 6.45) is 6.13. The van der Waals surface area contributed by atoms with Crippen molar-refractivity contribution in [2.75, 3.05) is 13.1 Å². The first kappa shape index (κ1) is 17.2. The van der Waals surface area contributed by atoms with Crippen LogP contribution in [0, 0.1) is 5.92 Å². The maximum Gasteiger partial charge on any atom is 0.323 e. The van der Waals surface area contributed by atoms with Gasteiger partial charge in [0.1, 0.15) is 12.6 Å². The Morgan fingerprint density at radius 2 is 2.04 bits per heavy atom. The molecule has 1 fully saturated rings. The van der Waals surface area contributed by atoms with Gasteiger partial charge in [0.2, 0.25) is 5.88 Å². The van der Waals surface area contributed by atoms with Crippen LogP contribution in [0.25, 0.3) is 0 Å². The molecule has 1 saturated carbocycles. The van der Waals surface area contributed by atoms with Crippen molar-refractivity contribution in [1.29, 1.82) is 0 Å². The quantitative estimate of drug-likeness (QED) is 0.835. The van der Waals surface area contributed by atoms with Gasteiger partial charge in [-0.1, -0.05) is 13.8 Å². The van der Waals surface area contributed by atoms with Gasteiger partial charge < -0.3 is 14.7 Å². The third-order valence-electron chi connectivity index (χ3n) is 3.77. The normalized spacial score (nSPS) is 14.9. The van der Waals surface area contributed by atoms with E-state index in [1.54, 1.807) is 12.1 Å². The van der Waals surface area contributed by atoms with Gasteiger partial charge in [0.15, 0.2) is 0 Å². The summed E-state index contributed by atoms with van der Waals surface area (Å²) in [5.41, 5.74) is 0.380. The van der Waals surface area contributed by atoms with Gasteiger partial charge in [-0.15, -0.1) is 0 Å². The Morgan fingerprint density at radius 3 is 2.57 bits per heavy atom. The molecule has 0 spiro atoms. The number of aliphatic carboxylic acids is 1. The summed E-state index contributed by atoms with van der Waals surface area (Å²) in [5.74, 6) is -0.632. The zero-order chi connectivity index (χ0) is 16.8. The van der Waals surface area contributed by atoms with Crippen LogP contribution in [-0.4, -0.2) is 46.1 Å². The molecule has 6 heteroatoms. The molecular formula is C17H24N2O4. The molecule has 1 aliphatic carbocycles. The van der Waals surface area contributed by atoms with Crippen LogP contribution in [0.15, 0.2) is 18.3 Å². The summed E-state index contributed by atoms with van der Waals surface area (Å²) in [5, 5.41) is 8.97. The molecule has 1 aliphatic rings. The Balaban J connectivity index is 2.02. The van der Waals surface area contributed by atoms with Gasteiger partial charge in [-0.05, 0) is 37.7 Å². The third-order valence-corrected chi connectivity index (χ3v) is 3.77. The molecule has 1 aromatic heterocycles. The lowest BCUT2D eigenvalue weighted by Gasteiger charge is -2.22. The van der Waals surface area contributed by atoms with Crippen LogP contribution in [0.1, 0.15) is 49.9 Å². The van der Waals surface area contributed by atoms with E-state index in [0.29, 0.717) is 18.0 Å². The minimum absolute atomic E-state index is 0.191. The molecule has 0 saturated heterocycles. The van der Waals surface area contributed by atoms with E-state index in [9.17, 15) is 9.59 Å². The number of carboxylic acids is 1. The summed E-state index contributed by atoms with van der Waals surface area (Å²) >= 11 is 0. The second-order valence-corrected chi connectivity index (χ2v) is 6.38. The predicted octanol–water partition coefficient (Wildman–Crippen LogP) is 2.59. The van der Waals surface area contributed by atoms with Crippen molar-refractivity contribution in [2.24, 2.45) is 5.92 Å². The Bertz CT molecular complexity index is 536. The topological polar surface area (TPSA) is 79.7 Å². The highest BCUT2D eigenvalue weighted by Gasteiger charge is 2.21. The number of pyridine rings is 1. The van der Waals surface area contributed by atoms with Gasteiger partial charge in [-0.2, -0.15) is 0 Å². The van der Waals surface area contributed by atoms with Crippen LogP contribution in [0.2, 0.25) is 0 Å². The highest BCUT2D eigenvalue weighted by molar-refractivity contribution is 5.95. The minimum atomic E-state index is -1.02. The average Bonchev–Trinajstić information content (AvgIpc) is 2.98. The van der Waals surface area contributed by atoms with Crippen molar-refractivity contribution in [3.63, 3.8) is 0 Å². The number of nitrogens with zero attached hydrogens (tertiary/aromatic N) is 2. The Kier molecular flexibility index (Phi) is 5.96. The molecule has 0 aliphatic heterocycles. The van der Waals surface area contributed by atoms with Crippen LogP contribution >= 0.6 is 0 Å². The molecule has 0 unspecified atom stereocenters. The maximum atomic E-state index is 12.5. The highest BCUT2D eigenvalue weighted by Crippen LogP contribution is 2.23. The molecule has 23 heavy (non-hydrogen) atoms. The van der Waals surface area contributed by atoms with E-state index in [1.807, 2.05) is 13.8 Å². The van der Waals surface area contributed by atoms with Crippen LogP contribution in [-0.2, 0) is 4.79 Å². The molecular weight excluding hydrogens is 296 g/mol. The summed E-state index contributed by atoms with van der Waals surface area (Å²) < 4.78 is 5.77. The highest BCUT2D eigenvalue weighted by atomic mass is 16.5. The maximum absolute atomic E-state index is 12.5. The van der Waals surface area contributed by atoms with Crippen LogP contribution in [0.4, 0.5) is 0 Å². The molecule has 0 bridgehead atoms. The van der Waals surface area contributed by atoms with E-state index in [-0.39, 0.29) is 24.5 Å². The van der Waals surface area contributed by atoms with Crippen molar-refractivity contribution in [3.8, 4) is 5.88 Å². The largest absolute Gasteiger partial charge is 0.480 e. The first-order chi connectivity index (χ1) is 11.0. The first-order valence-corrected chi connectivity index (χ1v) is 8.09. The molecule has 1 heterocycles. The van der Waals surface area contributed by atoms with Gasteiger partial charge >= 0.3 is 5.97 Å². The molecule has 6 nitrogen and oxygen atoms in total. The molecule has 1 N–H and O–H groups in total. The smallest absolute Gasteiger partial charge is 0.323 e. The van der Waals surface area contributed by atoms with Crippen LogP contribution in [0.5, 0.6) is 5.88 Å². The van der Waals surface area contributed by atoms with E-state index in [2.05, 4.69) is 4.98 Å². The molecule has 1 aromatic rings. The Hall–Kier alpha value is -2.11. The fourth-order valence-electron chi connectivity index (χ4n) is 2.76. The molecule has 2 rings (SSSR count).